The van der Waals surface area contributed by atoms with Crippen LogP contribution in [-0.2, 0) is 19.6 Å². The Balaban J connectivity index is 1.52. The largest absolute Gasteiger partial charge is 0.495 e. The van der Waals surface area contributed by atoms with Crippen LogP contribution in [0.25, 0.3) is 6.08 Å². The number of anilines is 1. The van der Waals surface area contributed by atoms with E-state index in [9.17, 15) is 13.2 Å². The van der Waals surface area contributed by atoms with Crippen LogP contribution in [0.1, 0.15) is 5.56 Å². The number of amides is 1. The molecule has 1 amide bonds. The molecule has 33 heavy (non-hydrogen) atoms. The van der Waals surface area contributed by atoms with Gasteiger partial charge in [0.1, 0.15) is 23.9 Å². The Kier molecular flexibility index (Phi) is 7.08. The summed E-state index contributed by atoms with van der Waals surface area (Å²) in [5.41, 5.74) is 0.895. The van der Waals surface area contributed by atoms with Gasteiger partial charge in [-0.1, -0.05) is 17.7 Å². The minimum atomic E-state index is -3.78. The number of nitrogens with one attached hydrogen (secondary N) is 1. The second-order valence-electron chi connectivity index (χ2n) is 7.23. The van der Waals surface area contributed by atoms with Gasteiger partial charge in [0.05, 0.1) is 31.0 Å². The molecule has 2 aliphatic rings. The third-order valence-electron chi connectivity index (χ3n) is 5.09. The van der Waals surface area contributed by atoms with Crippen molar-refractivity contribution in [3.05, 3.63) is 47.0 Å². The Morgan fingerprint density at radius 2 is 1.79 bits per heavy atom. The smallest absolute Gasteiger partial charge is 0.248 e. The van der Waals surface area contributed by atoms with E-state index >= 15 is 0 Å². The van der Waals surface area contributed by atoms with Crippen molar-refractivity contribution >= 4 is 39.3 Å². The third-order valence-corrected chi connectivity index (χ3v) is 7.32. The van der Waals surface area contributed by atoms with Crippen molar-refractivity contribution in [2.75, 3.05) is 51.9 Å². The van der Waals surface area contributed by atoms with Crippen LogP contribution in [0, 0.1) is 0 Å². The molecule has 1 fully saturated rings. The molecule has 9 nitrogen and oxygen atoms in total. The van der Waals surface area contributed by atoms with E-state index in [-0.39, 0.29) is 23.7 Å². The number of halogens is 1. The number of rotatable bonds is 6. The van der Waals surface area contributed by atoms with Gasteiger partial charge in [0, 0.05) is 31.3 Å². The first-order valence-corrected chi connectivity index (χ1v) is 12.0. The number of nitrogens with zero attached hydrogens (tertiary/aromatic N) is 1. The average Bonchev–Trinajstić information content (AvgIpc) is 2.83. The maximum Gasteiger partial charge on any atom is 0.248 e. The van der Waals surface area contributed by atoms with Gasteiger partial charge in [0.2, 0.25) is 15.9 Å². The first-order chi connectivity index (χ1) is 15.9. The Labute approximate surface area is 196 Å². The van der Waals surface area contributed by atoms with Gasteiger partial charge >= 0.3 is 0 Å². The van der Waals surface area contributed by atoms with Crippen molar-refractivity contribution in [3.8, 4) is 17.2 Å². The van der Waals surface area contributed by atoms with Crippen molar-refractivity contribution in [1.82, 2.24) is 4.31 Å². The number of ether oxygens (including phenoxy) is 4. The van der Waals surface area contributed by atoms with E-state index < -0.39 is 15.9 Å². The lowest BCUT2D eigenvalue weighted by molar-refractivity contribution is -0.111. The molecule has 176 valence electrons. The summed E-state index contributed by atoms with van der Waals surface area (Å²) in [6.45, 7) is 2.06. The van der Waals surface area contributed by atoms with Crippen LogP contribution in [0.15, 0.2) is 41.3 Å². The summed E-state index contributed by atoms with van der Waals surface area (Å²) >= 11 is 6.23. The minimum absolute atomic E-state index is 0.0318. The summed E-state index contributed by atoms with van der Waals surface area (Å²) in [6.07, 6.45) is 2.80. The zero-order valence-electron chi connectivity index (χ0n) is 17.9. The van der Waals surface area contributed by atoms with Crippen LogP contribution < -0.4 is 19.5 Å². The summed E-state index contributed by atoms with van der Waals surface area (Å²) in [5, 5.41) is 3.00. The molecule has 0 unspecified atom stereocenters. The molecule has 0 spiro atoms. The van der Waals surface area contributed by atoms with Gasteiger partial charge in [0.25, 0.3) is 0 Å². The predicted octanol–water partition coefficient (Wildman–Crippen LogP) is 2.79. The van der Waals surface area contributed by atoms with Gasteiger partial charge in [-0.15, -0.1) is 0 Å². The zero-order chi connectivity index (χ0) is 23.4. The van der Waals surface area contributed by atoms with Gasteiger partial charge in [-0.25, -0.2) is 8.42 Å². The molecule has 2 heterocycles. The Morgan fingerprint density at radius 1 is 1.09 bits per heavy atom. The van der Waals surface area contributed by atoms with E-state index in [0.29, 0.717) is 54.2 Å². The molecule has 0 bridgehead atoms. The molecule has 0 aliphatic carbocycles. The van der Waals surface area contributed by atoms with Crippen molar-refractivity contribution in [3.63, 3.8) is 0 Å². The summed E-state index contributed by atoms with van der Waals surface area (Å²) in [7, 11) is -2.37. The van der Waals surface area contributed by atoms with E-state index in [2.05, 4.69) is 5.32 Å². The standard InChI is InChI=1S/C22H23ClN2O7S/c1-29-18-4-2-15(12-21(18)33(27,28)25-6-8-30-9-7-25)3-5-22(26)24-17-14-20-19(13-16(17)23)31-10-11-32-20/h2-5,12-14H,6-11H2,1H3,(H,24,26)/b5-3+. The van der Waals surface area contributed by atoms with E-state index in [1.54, 1.807) is 24.3 Å². The number of benzene rings is 2. The molecule has 0 aromatic heterocycles. The maximum absolute atomic E-state index is 13.1. The molecule has 0 saturated carbocycles. The van der Waals surface area contributed by atoms with Crippen LogP contribution >= 0.6 is 11.6 Å². The van der Waals surface area contributed by atoms with Crippen LogP contribution in [0.2, 0.25) is 5.02 Å². The molecule has 0 atom stereocenters. The summed E-state index contributed by atoms with van der Waals surface area (Å²) in [6, 6.07) is 7.88. The molecule has 2 aromatic rings. The number of hydrogen-bond donors (Lipinski definition) is 1. The van der Waals surface area contributed by atoms with Crippen molar-refractivity contribution in [2.24, 2.45) is 0 Å². The van der Waals surface area contributed by atoms with Crippen LogP contribution in [0.3, 0.4) is 0 Å². The Morgan fingerprint density at radius 3 is 2.48 bits per heavy atom. The molecule has 2 aromatic carbocycles. The molecular formula is C22H23ClN2O7S. The second kappa shape index (κ2) is 10.0. The lowest BCUT2D eigenvalue weighted by Crippen LogP contribution is -2.40. The third kappa shape index (κ3) is 5.25. The fraction of sp³-hybridized carbons (Fsp3) is 0.318. The monoisotopic (exact) mass is 494 g/mol. The summed E-state index contributed by atoms with van der Waals surface area (Å²) in [5.74, 6) is 0.804. The van der Waals surface area contributed by atoms with E-state index in [1.807, 2.05) is 0 Å². The highest BCUT2D eigenvalue weighted by molar-refractivity contribution is 7.89. The molecule has 11 heteroatoms. The number of carbonyl (C=O) groups is 1. The van der Waals surface area contributed by atoms with Crippen molar-refractivity contribution in [1.29, 1.82) is 0 Å². The summed E-state index contributed by atoms with van der Waals surface area (Å²) < 4.78 is 49.1. The Hall–Kier alpha value is -2.79. The van der Waals surface area contributed by atoms with Crippen molar-refractivity contribution < 1.29 is 32.2 Å². The van der Waals surface area contributed by atoms with E-state index in [4.69, 9.17) is 30.5 Å². The van der Waals surface area contributed by atoms with Crippen molar-refractivity contribution in [2.45, 2.75) is 4.90 Å². The molecule has 0 radical (unpaired) electrons. The number of sulfonamides is 1. The molecule has 1 saturated heterocycles. The number of carbonyl (C=O) groups excluding carboxylic acids is 1. The van der Waals surface area contributed by atoms with Gasteiger partial charge in [-0.3, -0.25) is 4.79 Å². The fourth-order valence-electron chi connectivity index (χ4n) is 3.43. The Bertz CT molecular complexity index is 1180. The van der Waals surface area contributed by atoms with Gasteiger partial charge in [-0.2, -0.15) is 4.31 Å². The van der Waals surface area contributed by atoms with E-state index in [1.165, 1.54) is 29.6 Å². The summed E-state index contributed by atoms with van der Waals surface area (Å²) in [4.78, 5) is 12.5. The number of hydrogen-bond acceptors (Lipinski definition) is 7. The lowest BCUT2D eigenvalue weighted by atomic mass is 10.2. The van der Waals surface area contributed by atoms with E-state index in [0.717, 1.165) is 0 Å². The molecule has 1 N–H and O–H groups in total. The fourth-order valence-corrected chi connectivity index (χ4v) is 5.23. The SMILES string of the molecule is COc1ccc(/C=C/C(=O)Nc2cc3c(cc2Cl)OCCO3)cc1S(=O)(=O)N1CCOCC1. The normalized spacial score (nSPS) is 16.5. The highest BCUT2D eigenvalue weighted by Crippen LogP contribution is 2.38. The van der Waals surface area contributed by atoms with Crippen LogP contribution in [-0.4, -0.2) is 65.3 Å². The minimum Gasteiger partial charge on any atom is -0.495 e. The highest BCUT2D eigenvalue weighted by atomic mass is 35.5. The zero-order valence-corrected chi connectivity index (χ0v) is 19.4. The number of methoxy groups -OCH3 is 1. The topological polar surface area (TPSA) is 103 Å². The maximum atomic E-state index is 13.1. The molecular weight excluding hydrogens is 472 g/mol. The quantitative estimate of drug-likeness (QED) is 0.616. The average molecular weight is 495 g/mol. The van der Waals surface area contributed by atoms with Crippen LogP contribution in [0.4, 0.5) is 5.69 Å². The van der Waals surface area contributed by atoms with Gasteiger partial charge in [-0.05, 0) is 23.8 Å². The molecule has 2 aliphatic heterocycles. The molecule has 4 rings (SSSR count). The number of fused-ring (bicyclic) bond motifs is 1. The van der Waals surface area contributed by atoms with Gasteiger partial charge in [0.15, 0.2) is 11.5 Å². The number of morpholine rings is 1. The first kappa shape index (κ1) is 23.4. The van der Waals surface area contributed by atoms with Crippen LogP contribution in [0.5, 0.6) is 17.2 Å². The lowest BCUT2D eigenvalue weighted by Gasteiger charge is -2.26. The predicted molar refractivity (Wildman–Crippen MR) is 123 cm³/mol. The second-order valence-corrected chi connectivity index (χ2v) is 9.54. The van der Waals surface area contributed by atoms with Gasteiger partial charge < -0.3 is 24.3 Å². The first-order valence-electron chi connectivity index (χ1n) is 10.2. The highest BCUT2D eigenvalue weighted by Gasteiger charge is 2.29.